The summed E-state index contributed by atoms with van der Waals surface area (Å²) in [5.74, 6) is 0.386. The second kappa shape index (κ2) is 6.03. The normalized spacial score (nSPS) is 17.9. The number of nitrogens with two attached hydrogens (primary N) is 1. The summed E-state index contributed by atoms with van der Waals surface area (Å²) in [6, 6.07) is 5.63. The quantitative estimate of drug-likeness (QED) is 0.843. The van der Waals surface area contributed by atoms with Gasteiger partial charge in [0.25, 0.3) is 0 Å². The highest BCUT2D eigenvalue weighted by Gasteiger charge is 2.13. The Kier molecular flexibility index (Phi) is 4.40. The van der Waals surface area contributed by atoms with Gasteiger partial charge in [-0.3, -0.25) is 4.90 Å². The molecule has 1 saturated heterocycles. The van der Waals surface area contributed by atoms with Crippen molar-refractivity contribution < 1.29 is 5.11 Å². The molecule has 0 bridgehead atoms. The van der Waals surface area contributed by atoms with Crippen LogP contribution in [0, 0.1) is 0 Å². The molecule has 3 N–H and O–H groups in total. The molecule has 0 aromatic heterocycles. The van der Waals surface area contributed by atoms with E-state index in [1.807, 2.05) is 12.1 Å². The fourth-order valence-electron chi connectivity index (χ4n) is 2.51. The summed E-state index contributed by atoms with van der Waals surface area (Å²) in [4.78, 5) is 2.43. The lowest BCUT2D eigenvalue weighted by Gasteiger charge is -2.22. The summed E-state index contributed by atoms with van der Waals surface area (Å²) >= 11 is 0. The standard InChI is InChI=1S/C14H22N2O/c15-10-12-6-5-7-14(17)13(12)11-16-8-3-1-2-4-9-16/h5-7,17H,1-4,8-11,15H2. The monoisotopic (exact) mass is 234 g/mol. The van der Waals surface area contributed by atoms with Crippen molar-refractivity contribution in [1.82, 2.24) is 4.90 Å². The summed E-state index contributed by atoms with van der Waals surface area (Å²) in [7, 11) is 0. The molecule has 1 aliphatic heterocycles. The average Bonchev–Trinajstić information content (AvgIpc) is 2.60. The first kappa shape index (κ1) is 12.4. The van der Waals surface area contributed by atoms with Crippen LogP contribution < -0.4 is 5.73 Å². The van der Waals surface area contributed by atoms with Crippen LogP contribution in [0.25, 0.3) is 0 Å². The molecule has 0 amide bonds. The highest BCUT2D eigenvalue weighted by Crippen LogP contribution is 2.23. The van der Waals surface area contributed by atoms with E-state index in [1.54, 1.807) is 6.07 Å². The SMILES string of the molecule is NCc1cccc(O)c1CN1CCCCCC1. The highest BCUT2D eigenvalue weighted by molar-refractivity contribution is 5.39. The van der Waals surface area contributed by atoms with Crippen molar-refractivity contribution in [3.63, 3.8) is 0 Å². The minimum atomic E-state index is 0.386. The molecule has 2 rings (SSSR count). The van der Waals surface area contributed by atoms with Crippen molar-refractivity contribution in [3.8, 4) is 5.75 Å². The maximum atomic E-state index is 9.94. The molecule has 0 saturated carbocycles. The van der Waals surface area contributed by atoms with Gasteiger partial charge >= 0.3 is 0 Å². The van der Waals surface area contributed by atoms with Crippen molar-refractivity contribution in [1.29, 1.82) is 0 Å². The minimum Gasteiger partial charge on any atom is -0.508 e. The molecular weight excluding hydrogens is 212 g/mol. The predicted molar refractivity (Wildman–Crippen MR) is 69.7 cm³/mol. The van der Waals surface area contributed by atoms with Gasteiger partial charge in [0, 0.05) is 18.7 Å². The maximum Gasteiger partial charge on any atom is 0.120 e. The predicted octanol–water partition coefficient (Wildman–Crippen LogP) is 2.23. The second-order valence-electron chi connectivity index (χ2n) is 4.81. The van der Waals surface area contributed by atoms with Crippen LogP contribution in [0.15, 0.2) is 18.2 Å². The van der Waals surface area contributed by atoms with Crippen LogP contribution in [0.2, 0.25) is 0 Å². The second-order valence-corrected chi connectivity index (χ2v) is 4.81. The molecule has 1 aromatic rings. The van der Waals surface area contributed by atoms with Gasteiger partial charge in [-0.25, -0.2) is 0 Å². The van der Waals surface area contributed by atoms with E-state index in [9.17, 15) is 5.11 Å². The number of likely N-dealkylation sites (tertiary alicyclic amines) is 1. The van der Waals surface area contributed by atoms with Crippen molar-refractivity contribution in [2.75, 3.05) is 13.1 Å². The van der Waals surface area contributed by atoms with Crippen LogP contribution in [0.3, 0.4) is 0 Å². The van der Waals surface area contributed by atoms with Crippen LogP contribution in [0.5, 0.6) is 5.75 Å². The smallest absolute Gasteiger partial charge is 0.120 e. The summed E-state index contributed by atoms with van der Waals surface area (Å²) in [5.41, 5.74) is 7.80. The van der Waals surface area contributed by atoms with E-state index in [-0.39, 0.29) is 0 Å². The molecule has 1 fully saturated rings. The Morgan fingerprint density at radius 3 is 2.47 bits per heavy atom. The molecule has 94 valence electrons. The molecule has 1 heterocycles. The third-order valence-corrected chi connectivity index (χ3v) is 3.55. The van der Waals surface area contributed by atoms with E-state index in [4.69, 9.17) is 5.73 Å². The molecule has 1 aromatic carbocycles. The van der Waals surface area contributed by atoms with Gasteiger partial charge < -0.3 is 10.8 Å². The minimum absolute atomic E-state index is 0.386. The van der Waals surface area contributed by atoms with Crippen molar-refractivity contribution >= 4 is 0 Å². The summed E-state index contributed by atoms with van der Waals surface area (Å²) in [6.07, 6.45) is 5.21. The topological polar surface area (TPSA) is 49.5 Å². The Morgan fingerprint density at radius 2 is 1.82 bits per heavy atom. The molecule has 0 aliphatic carbocycles. The van der Waals surface area contributed by atoms with Crippen LogP contribution in [0.4, 0.5) is 0 Å². The Labute approximate surface area is 103 Å². The third-order valence-electron chi connectivity index (χ3n) is 3.55. The number of hydrogen-bond acceptors (Lipinski definition) is 3. The zero-order valence-electron chi connectivity index (χ0n) is 10.4. The Balaban J connectivity index is 2.11. The van der Waals surface area contributed by atoms with E-state index >= 15 is 0 Å². The maximum absolute atomic E-state index is 9.94. The zero-order valence-corrected chi connectivity index (χ0v) is 10.4. The molecule has 17 heavy (non-hydrogen) atoms. The first-order valence-corrected chi connectivity index (χ1v) is 6.53. The molecule has 0 unspecified atom stereocenters. The molecule has 0 radical (unpaired) electrons. The van der Waals surface area contributed by atoms with Gasteiger partial charge in [0.1, 0.15) is 5.75 Å². The van der Waals surface area contributed by atoms with E-state index in [0.29, 0.717) is 12.3 Å². The zero-order chi connectivity index (χ0) is 12.1. The lowest BCUT2D eigenvalue weighted by Crippen LogP contribution is -2.25. The van der Waals surface area contributed by atoms with Gasteiger partial charge in [0.2, 0.25) is 0 Å². The van der Waals surface area contributed by atoms with E-state index in [0.717, 1.165) is 30.8 Å². The lowest BCUT2D eigenvalue weighted by molar-refractivity contribution is 0.272. The van der Waals surface area contributed by atoms with E-state index < -0.39 is 0 Å². The van der Waals surface area contributed by atoms with Crippen LogP contribution >= 0.6 is 0 Å². The van der Waals surface area contributed by atoms with Crippen LogP contribution in [-0.2, 0) is 13.1 Å². The van der Waals surface area contributed by atoms with Crippen molar-refractivity contribution in [2.24, 2.45) is 5.73 Å². The molecule has 3 heteroatoms. The average molecular weight is 234 g/mol. The number of hydrogen-bond donors (Lipinski definition) is 2. The van der Waals surface area contributed by atoms with Crippen molar-refractivity contribution in [3.05, 3.63) is 29.3 Å². The fraction of sp³-hybridized carbons (Fsp3) is 0.571. The molecular formula is C14H22N2O. The van der Waals surface area contributed by atoms with Gasteiger partial charge in [0.05, 0.1) is 0 Å². The number of phenols is 1. The Hall–Kier alpha value is -1.06. The van der Waals surface area contributed by atoms with Gasteiger partial charge in [-0.05, 0) is 37.6 Å². The number of aromatic hydroxyl groups is 1. The third kappa shape index (κ3) is 3.20. The van der Waals surface area contributed by atoms with Gasteiger partial charge in [0.15, 0.2) is 0 Å². The van der Waals surface area contributed by atoms with Gasteiger partial charge in [-0.2, -0.15) is 0 Å². The molecule has 0 atom stereocenters. The van der Waals surface area contributed by atoms with Crippen LogP contribution in [-0.4, -0.2) is 23.1 Å². The van der Waals surface area contributed by atoms with E-state index in [2.05, 4.69) is 4.90 Å². The summed E-state index contributed by atoms with van der Waals surface area (Å²) < 4.78 is 0. The van der Waals surface area contributed by atoms with Crippen molar-refractivity contribution in [2.45, 2.75) is 38.8 Å². The van der Waals surface area contributed by atoms with Gasteiger partial charge in [-0.1, -0.05) is 25.0 Å². The van der Waals surface area contributed by atoms with E-state index in [1.165, 1.54) is 25.7 Å². The Morgan fingerprint density at radius 1 is 1.12 bits per heavy atom. The number of rotatable bonds is 3. The summed E-state index contributed by atoms with van der Waals surface area (Å²) in [5, 5.41) is 9.94. The number of benzene rings is 1. The van der Waals surface area contributed by atoms with Crippen LogP contribution in [0.1, 0.15) is 36.8 Å². The first-order chi connectivity index (χ1) is 8.31. The molecule has 0 spiro atoms. The fourth-order valence-corrected chi connectivity index (χ4v) is 2.51. The number of phenolic OH excluding ortho intramolecular Hbond substituents is 1. The highest BCUT2D eigenvalue weighted by atomic mass is 16.3. The largest absolute Gasteiger partial charge is 0.508 e. The molecule has 3 nitrogen and oxygen atoms in total. The number of nitrogens with zero attached hydrogens (tertiary/aromatic N) is 1. The lowest BCUT2D eigenvalue weighted by atomic mass is 10.1. The summed E-state index contributed by atoms with van der Waals surface area (Å²) in [6.45, 7) is 3.60. The van der Waals surface area contributed by atoms with Gasteiger partial charge in [-0.15, -0.1) is 0 Å². The first-order valence-electron chi connectivity index (χ1n) is 6.53. The molecule has 1 aliphatic rings. The Bertz CT molecular complexity index is 357.